The van der Waals surface area contributed by atoms with E-state index in [-0.39, 0.29) is 16.8 Å². The lowest BCUT2D eigenvalue weighted by molar-refractivity contribution is 0.0696. The average Bonchev–Trinajstić information content (AvgIpc) is 2.62. The summed E-state index contributed by atoms with van der Waals surface area (Å²) in [4.78, 5) is 30.1. The zero-order valence-electron chi connectivity index (χ0n) is 14.4. The van der Waals surface area contributed by atoms with E-state index in [1.807, 2.05) is 4.90 Å². The Labute approximate surface area is 150 Å². The van der Waals surface area contributed by atoms with Crippen molar-refractivity contribution in [3.05, 3.63) is 53.5 Å². The van der Waals surface area contributed by atoms with Gasteiger partial charge in [0.05, 0.1) is 17.4 Å². The standard InChI is InChI=1S/C19H20FN3O3/c1-12-5-4-8-23(11-12)17-15(19(25)26)9-13(10-21-17)22-18(24)14-6-2-3-7-16(14)20/h2-3,6-7,9-10,12H,4-5,8,11H2,1H3,(H,22,24)(H,25,26). The fourth-order valence-electron chi connectivity index (χ4n) is 3.16. The summed E-state index contributed by atoms with van der Waals surface area (Å²) in [7, 11) is 0. The molecule has 2 heterocycles. The first-order valence-corrected chi connectivity index (χ1v) is 8.50. The number of carbonyl (C=O) groups is 2. The van der Waals surface area contributed by atoms with Gasteiger partial charge >= 0.3 is 5.97 Å². The highest BCUT2D eigenvalue weighted by Gasteiger charge is 2.23. The van der Waals surface area contributed by atoms with E-state index in [0.29, 0.717) is 11.7 Å². The van der Waals surface area contributed by atoms with Gasteiger partial charge < -0.3 is 15.3 Å². The number of carboxylic acids is 1. The average molecular weight is 357 g/mol. The van der Waals surface area contributed by atoms with Gasteiger partial charge in [-0.1, -0.05) is 19.1 Å². The number of amides is 1. The van der Waals surface area contributed by atoms with Crippen LogP contribution in [0.5, 0.6) is 0 Å². The predicted molar refractivity (Wildman–Crippen MR) is 96.2 cm³/mol. The fraction of sp³-hybridized carbons (Fsp3) is 0.316. The monoisotopic (exact) mass is 357 g/mol. The molecule has 0 saturated carbocycles. The van der Waals surface area contributed by atoms with Crippen molar-refractivity contribution in [1.29, 1.82) is 0 Å². The Morgan fingerprint density at radius 3 is 2.77 bits per heavy atom. The van der Waals surface area contributed by atoms with Crippen LogP contribution in [-0.2, 0) is 0 Å². The molecule has 1 unspecified atom stereocenters. The van der Waals surface area contributed by atoms with E-state index in [4.69, 9.17) is 0 Å². The third-order valence-corrected chi connectivity index (χ3v) is 4.43. The highest BCUT2D eigenvalue weighted by atomic mass is 19.1. The van der Waals surface area contributed by atoms with E-state index < -0.39 is 17.7 Å². The molecule has 3 rings (SSSR count). The van der Waals surface area contributed by atoms with Crippen molar-refractivity contribution in [2.75, 3.05) is 23.3 Å². The van der Waals surface area contributed by atoms with Crippen LogP contribution in [0.3, 0.4) is 0 Å². The molecule has 0 aliphatic carbocycles. The summed E-state index contributed by atoms with van der Waals surface area (Å²) in [6.45, 7) is 3.61. The van der Waals surface area contributed by atoms with Crippen molar-refractivity contribution < 1.29 is 19.1 Å². The van der Waals surface area contributed by atoms with Crippen molar-refractivity contribution in [2.45, 2.75) is 19.8 Å². The molecule has 0 spiro atoms. The highest BCUT2D eigenvalue weighted by molar-refractivity contribution is 6.05. The van der Waals surface area contributed by atoms with Crippen LogP contribution in [-0.4, -0.2) is 35.1 Å². The van der Waals surface area contributed by atoms with Crippen LogP contribution < -0.4 is 10.2 Å². The lowest BCUT2D eigenvalue weighted by atomic mass is 10.00. The number of halogens is 1. The Bertz CT molecular complexity index is 841. The van der Waals surface area contributed by atoms with Crippen molar-refractivity contribution >= 4 is 23.4 Å². The molecule has 1 aliphatic heterocycles. The molecule has 0 bridgehead atoms. The third-order valence-electron chi connectivity index (χ3n) is 4.43. The molecule has 26 heavy (non-hydrogen) atoms. The lowest BCUT2D eigenvalue weighted by Gasteiger charge is -2.32. The van der Waals surface area contributed by atoms with E-state index in [1.54, 1.807) is 6.07 Å². The van der Waals surface area contributed by atoms with Crippen molar-refractivity contribution in [3.63, 3.8) is 0 Å². The SMILES string of the molecule is CC1CCCN(c2ncc(NC(=O)c3ccccc3F)cc2C(=O)O)C1. The summed E-state index contributed by atoms with van der Waals surface area (Å²) in [5, 5.41) is 12.1. The van der Waals surface area contributed by atoms with Gasteiger partial charge in [0.1, 0.15) is 17.2 Å². The summed E-state index contributed by atoms with van der Waals surface area (Å²) in [6, 6.07) is 6.96. The molecule has 1 saturated heterocycles. The number of rotatable bonds is 4. The van der Waals surface area contributed by atoms with Gasteiger partial charge in [0.2, 0.25) is 0 Å². The first-order valence-electron chi connectivity index (χ1n) is 8.50. The van der Waals surface area contributed by atoms with Gasteiger partial charge in [0.15, 0.2) is 0 Å². The molecule has 7 heteroatoms. The molecule has 2 N–H and O–H groups in total. The number of pyridine rings is 1. The second-order valence-electron chi connectivity index (χ2n) is 6.53. The normalized spacial score (nSPS) is 17.0. The number of aromatic carboxylic acids is 1. The Morgan fingerprint density at radius 1 is 1.31 bits per heavy atom. The first kappa shape index (κ1) is 17.8. The Hall–Kier alpha value is -2.96. The van der Waals surface area contributed by atoms with E-state index in [9.17, 15) is 19.1 Å². The van der Waals surface area contributed by atoms with Crippen LogP contribution in [0.2, 0.25) is 0 Å². The Balaban J connectivity index is 1.86. The van der Waals surface area contributed by atoms with Crippen LogP contribution in [0.15, 0.2) is 36.5 Å². The Kier molecular flexibility index (Phi) is 5.16. The smallest absolute Gasteiger partial charge is 0.339 e. The number of hydrogen-bond acceptors (Lipinski definition) is 4. The van der Waals surface area contributed by atoms with E-state index in [2.05, 4.69) is 17.2 Å². The van der Waals surface area contributed by atoms with Crippen LogP contribution in [0, 0.1) is 11.7 Å². The van der Waals surface area contributed by atoms with Crippen molar-refractivity contribution in [1.82, 2.24) is 4.98 Å². The summed E-state index contributed by atoms with van der Waals surface area (Å²) >= 11 is 0. The van der Waals surface area contributed by atoms with Crippen LogP contribution >= 0.6 is 0 Å². The van der Waals surface area contributed by atoms with Gasteiger partial charge in [0, 0.05) is 13.1 Å². The maximum Gasteiger partial charge on any atom is 0.339 e. The van der Waals surface area contributed by atoms with Gasteiger partial charge in [0.25, 0.3) is 5.91 Å². The highest BCUT2D eigenvalue weighted by Crippen LogP contribution is 2.26. The third kappa shape index (κ3) is 3.82. The number of carboxylic acid groups (broad SMARTS) is 1. The fourth-order valence-corrected chi connectivity index (χ4v) is 3.16. The quantitative estimate of drug-likeness (QED) is 0.876. The minimum Gasteiger partial charge on any atom is -0.478 e. The number of nitrogens with zero attached hydrogens (tertiary/aromatic N) is 2. The first-order chi connectivity index (χ1) is 12.5. The minimum atomic E-state index is -1.12. The summed E-state index contributed by atoms with van der Waals surface area (Å²) in [5.74, 6) is -1.55. The summed E-state index contributed by atoms with van der Waals surface area (Å²) in [5.41, 5.74) is 0.119. The predicted octanol–water partition coefficient (Wildman–Crippen LogP) is 3.41. The molecular formula is C19H20FN3O3. The molecule has 1 atom stereocenters. The lowest BCUT2D eigenvalue weighted by Crippen LogP contribution is -2.36. The van der Waals surface area contributed by atoms with Crippen molar-refractivity contribution in [3.8, 4) is 0 Å². The van der Waals surface area contributed by atoms with E-state index in [1.165, 1.54) is 30.5 Å². The van der Waals surface area contributed by atoms with Gasteiger partial charge in [-0.15, -0.1) is 0 Å². The molecule has 1 aliphatic rings. The number of aromatic nitrogens is 1. The topological polar surface area (TPSA) is 82.5 Å². The number of anilines is 2. The van der Waals surface area contributed by atoms with Crippen LogP contribution in [0.25, 0.3) is 0 Å². The van der Waals surface area contributed by atoms with Gasteiger partial charge in [-0.3, -0.25) is 4.79 Å². The summed E-state index contributed by atoms with van der Waals surface area (Å²) < 4.78 is 13.7. The number of nitrogens with one attached hydrogen (secondary N) is 1. The zero-order valence-corrected chi connectivity index (χ0v) is 14.4. The maximum atomic E-state index is 13.7. The molecule has 136 valence electrons. The number of carbonyl (C=O) groups excluding carboxylic acids is 1. The van der Waals surface area contributed by atoms with Crippen molar-refractivity contribution in [2.24, 2.45) is 5.92 Å². The number of piperidine rings is 1. The molecule has 1 aromatic heterocycles. The molecular weight excluding hydrogens is 337 g/mol. The van der Waals surface area contributed by atoms with Gasteiger partial charge in [-0.05, 0) is 37.0 Å². The number of benzene rings is 1. The molecule has 1 amide bonds. The van der Waals surface area contributed by atoms with E-state index in [0.717, 1.165) is 25.9 Å². The molecule has 1 fully saturated rings. The van der Waals surface area contributed by atoms with Gasteiger partial charge in [-0.2, -0.15) is 0 Å². The minimum absolute atomic E-state index is 0.0189. The summed E-state index contributed by atoms with van der Waals surface area (Å²) in [6.07, 6.45) is 3.49. The number of hydrogen-bond donors (Lipinski definition) is 2. The van der Waals surface area contributed by atoms with Crippen LogP contribution in [0.1, 0.15) is 40.5 Å². The second-order valence-corrected chi connectivity index (χ2v) is 6.53. The maximum absolute atomic E-state index is 13.7. The molecule has 2 aromatic rings. The van der Waals surface area contributed by atoms with Crippen LogP contribution in [0.4, 0.5) is 15.9 Å². The van der Waals surface area contributed by atoms with E-state index >= 15 is 0 Å². The Morgan fingerprint density at radius 2 is 2.08 bits per heavy atom. The zero-order chi connectivity index (χ0) is 18.7. The molecule has 0 radical (unpaired) electrons. The van der Waals surface area contributed by atoms with Gasteiger partial charge in [-0.25, -0.2) is 14.2 Å². The molecule has 1 aromatic carbocycles. The molecule has 6 nitrogen and oxygen atoms in total. The second kappa shape index (κ2) is 7.51. The largest absolute Gasteiger partial charge is 0.478 e.